The second kappa shape index (κ2) is 8.32. The highest BCUT2D eigenvalue weighted by molar-refractivity contribution is 6.15. The molecule has 1 saturated heterocycles. The van der Waals surface area contributed by atoms with Crippen molar-refractivity contribution < 1.29 is 24.1 Å². The van der Waals surface area contributed by atoms with Crippen LogP contribution in [-0.4, -0.2) is 65.1 Å². The predicted molar refractivity (Wildman–Crippen MR) is 106 cm³/mol. The molecule has 2 aliphatic heterocycles. The average Bonchev–Trinajstić information content (AvgIpc) is 3.01. The average molecular weight is 398 g/mol. The summed E-state index contributed by atoms with van der Waals surface area (Å²) in [5, 5.41) is 19.5. The van der Waals surface area contributed by atoms with Crippen molar-refractivity contribution in [2.45, 2.75) is 6.54 Å². The molecule has 6 nitrogen and oxygen atoms in total. The monoisotopic (exact) mass is 398 g/mol. The molecule has 7 heteroatoms. The van der Waals surface area contributed by atoms with Crippen LogP contribution in [-0.2, 0) is 6.54 Å². The van der Waals surface area contributed by atoms with E-state index in [9.17, 15) is 14.3 Å². The minimum atomic E-state index is -0.388. The number of fused-ring (bicyclic) bond motifs is 1. The number of phenolic OH excluding ortho intramolecular Hbond substituents is 1. The highest BCUT2D eigenvalue weighted by Crippen LogP contribution is 2.40. The number of piperazine rings is 1. The third-order valence-corrected chi connectivity index (χ3v) is 5.33. The number of ether oxygens (including phenoxy) is 1. The molecule has 0 amide bonds. The Kier molecular flexibility index (Phi) is 5.62. The van der Waals surface area contributed by atoms with Crippen LogP contribution >= 0.6 is 0 Å². The number of benzene rings is 2. The van der Waals surface area contributed by atoms with Crippen molar-refractivity contribution in [3.8, 4) is 11.5 Å². The van der Waals surface area contributed by atoms with Gasteiger partial charge < -0.3 is 14.9 Å². The minimum Gasteiger partial charge on any atom is -0.507 e. The number of hydrogen-bond donors (Lipinski definition) is 2. The Labute approximate surface area is 168 Å². The second-order valence-electron chi connectivity index (χ2n) is 7.28. The Morgan fingerprint density at radius 1 is 1.10 bits per heavy atom. The maximum atomic E-state index is 13.4. The molecule has 0 unspecified atom stereocenters. The number of nitrogens with zero attached hydrogens (tertiary/aromatic N) is 2. The maximum Gasteiger partial charge on any atom is 0.231 e. The van der Waals surface area contributed by atoms with Crippen molar-refractivity contribution in [3.05, 3.63) is 64.7 Å². The molecular formula is C22H23FN2O4. The predicted octanol–water partition coefficient (Wildman–Crippen LogP) is 2.26. The van der Waals surface area contributed by atoms with Gasteiger partial charge in [-0.25, -0.2) is 4.39 Å². The zero-order valence-electron chi connectivity index (χ0n) is 16.0. The summed E-state index contributed by atoms with van der Waals surface area (Å²) in [5.74, 6) is -0.0961. The van der Waals surface area contributed by atoms with E-state index in [4.69, 9.17) is 9.84 Å². The molecule has 0 radical (unpaired) electrons. The number of allylic oxidation sites excluding steroid dienone is 1. The molecular weight excluding hydrogens is 375 g/mol. The molecule has 2 aromatic rings. The van der Waals surface area contributed by atoms with E-state index < -0.39 is 0 Å². The molecule has 152 valence electrons. The topological polar surface area (TPSA) is 73.2 Å². The zero-order chi connectivity index (χ0) is 20.4. The Morgan fingerprint density at radius 3 is 2.59 bits per heavy atom. The molecule has 2 aliphatic rings. The number of aromatic hydroxyl groups is 1. The summed E-state index contributed by atoms with van der Waals surface area (Å²) in [4.78, 5) is 17.1. The first-order valence-corrected chi connectivity index (χ1v) is 9.65. The molecule has 0 bridgehead atoms. The standard InChI is InChI=1S/C22H23FN2O4/c23-16-3-1-2-15(12-16)13-20-21(28)17-4-5-19(27)18(22(17)29-20)14-25-8-6-24(7-9-25)10-11-26/h1-5,12-13,26-27H,6-11,14H2/b20-13-. The summed E-state index contributed by atoms with van der Waals surface area (Å²) in [6.07, 6.45) is 1.51. The first-order chi connectivity index (χ1) is 14.0. The van der Waals surface area contributed by atoms with Gasteiger partial charge in [0.25, 0.3) is 0 Å². The lowest BCUT2D eigenvalue weighted by Gasteiger charge is -2.34. The van der Waals surface area contributed by atoms with Gasteiger partial charge in [0.2, 0.25) is 5.78 Å². The van der Waals surface area contributed by atoms with Crippen LogP contribution in [0.4, 0.5) is 4.39 Å². The molecule has 29 heavy (non-hydrogen) atoms. The van der Waals surface area contributed by atoms with E-state index in [0.29, 0.717) is 35.5 Å². The Hall–Kier alpha value is -2.74. The van der Waals surface area contributed by atoms with Gasteiger partial charge >= 0.3 is 0 Å². The van der Waals surface area contributed by atoms with Crippen molar-refractivity contribution in [2.75, 3.05) is 39.3 Å². The van der Waals surface area contributed by atoms with E-state index >= 15 is 0 Å². The molecule has 1 fully saturated rings. The van der Waals surface area contributed by atoms with Gasteiger partial charge in [-0.2, -0.15) is 0 Å². The van der Waals surface area contributed by atoms with Crippen LogP contribution in [0, 0.1) is 5.82 Å². The van der Waals surface area contributed by atoms with E-state index in [1.165, 1.54) is 24.3 Å². The number of carbonyl (C=O) groups excluding carboxylic acids is 1. The number of β-amino-alcohol motifs (C(OH)–C–C–N with tert-alkyl or cyclic N) is 1. The summed E-state index contributed by atoms with van der Waals surface area (Å²) >= 11 is 0. The van der Waals surface area contributed by atoms with Gasteiger partial charge in [0.05, 0.1) is 17.7 Å². The minimum absolute atomic E-state index is 0.0846. The van der Waals surface area contributed by atoms with Crippen LogP contribution in [0.3, 0.4) is 0 Å². The SMILES string of the molecule is O=C1/C(=C/c2cccc(F)c2)Oc2c1ccc(O)c2CN1CCN(CCO)CC1. The molecule has 0 aromatic heterocycles. The van der Waals surface area contributed by atoms with Crippen LogP contribution in [0.1, 0.15) is 21.5 Å². The van der Waals surface area contributed by atoms with Crippen molar-refractivity contribution in [1.82, 2.24) is 9.80 Å². The number of ketones is 1. The van der Waals surface area contributed by atoms with Crippen molar-refractivity contribution in [3.63, 3.8) is 0 Å². The summed E-state index contributed by atoms with van der Waals surface area (Å²) < 4.78 is 19.3. The molecule has 2 heterocycles. The van der Waals surface area contributed by atoms with E-state index in [-0.39, 0.29) is 29.7 Å². The summed E-state index contributed by atoms with van der Waals surface area (Å²) in [7, 11) is 0. The Morgan fingerprint density at radius 2 is 1.86 bits per heavy atom. The normalized spacial score (nSPS) is 18.8. The van der Waals surface area contributed by atoms with Crippen LogP contribution in [0.25, 0.3) is 6.08 Å². The molecule has 0 atom stereocenters. The van der Waals surface area contributed by atoms with E-state index in [2.05, 4.69) is 9.80 Å². The van der Waals surface area contributed by atoms with E-state index in [0.717, 1.165) is 26.2 Å². The first kappa shape index (κ1) is 19.6. The molecule has 0 saturated carbocycles. The highest BCUT2D eigenvalue weighted by atomic mass is 19.1. The third-order valence-electron chi connectivity index (χ3n) is 5.33. The van der Waals surface area contributed by atoms with Crippen LogP contribution in [0.15, 0.2) is 42.2 Å². The number of aliphatic hydroxyl groups excluding tert-OH is 1. The molecule has 4 rings (SSSR count). The number of aliphatic hydroxyl groups is 1. The lowest BCUT2D eigenvalue weighted by Crippen LogP contribution is -2.46. The number of halogens is 1. The van der Waals surface area contributed by atoms with Crippen LogP contribution < -0.4 is 4.74 Å². The summed E-state index contributed by atoms with van der Waals surface area (Å²) in [6.45, 7) is 4.52. The smallest absolute Gasteiger partial charge is 0.231 e. The van der Waals surface area contributed by atoms with Gasteiger partial charge in [0.1, 0.15) is 17.3 Å². The van der Waals surface area contributed by atoms with Crippen molar-refractivity contribution in [1.29, 1.82) is 0 Å². The number of Topliss-reactive ketones (excluding diaryl/α,β-unsaturated/α-hetero) is 1. The first-order valence-electron chi connectivity index (χ1n) is 9.65. The Bertz CT molecular complexity index is 952. The number of carbonyl (C=O) groups is 1. The van der Waals surface area contributed by atoms with Crippen LogP contribution in [0.2, 0.25) is 0 Å². The summed E-state index contributed by atoms with van der Waals surface area (Å²) in [5.41, 5.74) is 1.51. The highest BCUT2D eigenvalue weighted by Gasteiger charge is 2.32. The third kappa shape index (κ3) is 4.17. The fraction of sp³-hybridized carbons (Fsp3) is 0.318. The number of phenols is 1. The quantitative estimate of drug-likeness (QED) is 0.753. The lowest BCUT2D eigenvalue weighted by molar-refractivity contribution is 0.101. The van der Waals surface area contributed by atoms with Gasteiger partial charge in [-0.15, -0.1) is 0 Å². The van der Waals surface area contributed by atoms with Gasteiger partial charge in [-0.05, 0) is 35.9 Å². The van der Waals surface area contributed by atoms with E-state index in [1.54, 1.807) is 18.2 Å². The van der Waals surface area contributed by atoms with Gasteiger partial charge in [0, 0.05) is 39.3 Å². The van der Waals surface area contributed by atoms with Crippen molar-refractivity contribution >= 4 is 11.9 Å². The summed E-state index contributed by atoms with van der Waals surface area (Å²) in [6, 6.07) is 9.01. The number of hydrogen-bond acceptors (Lipinski definition) is 6. The molecule has 2 aromatic carbocycles. The zero-order valence-corrected chi connectivity index (χ0v) is 16.0. The maximum absolute atomic E-state index is 13.4. The second-order valence-corrected chi connectivity index (χ2v) is 7.28. The Balaban J connectivity index is 1.55. The van der Waals surface area contributed by atoms with E-state index in [1.807, 2.05) is 0 Å². The molecule has 0 aliphatic carbocycles. The lowest BCUT2D eigenvalue weighted by atomic mass is 10.0. The van der Waals surface area contributed by atoms with Gasteiger partial charge in [-0.1, -0.05) is 12.1 Å². The van der Waals surface area contributed by atoms with Crippen LogP contribution in [0.5, 0.6) is 11.5 Å². The number of rotatable bonds is 5. The fourth-order valence-corrected chi connectivity index (χ4v) is 3.73. The molecule has 2 N–H and O–H groups in total. The van der Waals surface area contributed by atoms with Crippen molar-refractivity contribution in [2.24, 2.45) is 0 Å². The van der Waals surface area contributed by atoms with Gasteiger partial charge in [-0.3, -0.25) is 14.6 Å². The largest absolute Gasteiger partial charge is 0.507 e. The molecule has 0 spiro atoms. The fourth-order valence-electron chi connectivity index (χ4n) is 3.73. The van der Waals surface area contributed by atoms with Gasteiger partial charge in [0.15, 0.2) is 5.76 Å².